The Bertz CT molecular complexity index is 402. The van der Waals surface area contributed by atoms with Crippen molar-refractivity contribution >= 4 is 12.2 Å². The van der Waals surface area contributed by atoms with E-state index in [-0.39, 0.29) is 12.0 Å². The average molecular weight is 261 g/mol. The molecule has 0 bridgehead atoms. The van der Waals surface area contributed by atoms with Crippen LogP contribution < -0.4 is 16.4 Å². The van der Waals surface area contributed by atoms with Crippen LogP contribution in [-0.4, -0.2) is 24.8 Å². The zero-order chi connectivity index (χ0) is 14.1. The maximum atomic E-state index is 10.8. The van der Waals surface area contributed by atoms with Crippen LogP contribution in [0, 0.1) is 12.3 Å². The Hall–Kier alpha value is -1.88. The average Bonchev–Trinajstić information content (AvgIpc) is 2.39. The minimum Gasteiger partial charge on any atom is -0.370 e. The van der Waals surface area contributed by atoms with Crippen molar-refractivity contribution in [2.45, 2.75) is 32.4 Å². The predicted octanol–water partition coefficient (Wildman–Crippen LogP) is 0.826. The number of aryl methyl sites for hydroxylation is 1. The van der Waals surface area contributed by atoms with Crippen LogP contribution in [0.3, 0.4) is 0 Å². The zero-order valence-corrected chi connectivity index (χ0v) is 11.2. The minimum absolute atomic E-state index is 0.0424. The van der Waals surface area contributed by atoms with Gasteiger partial charge >= 0.3 is 0 Å². The maximum Gasteiger partial charge on any atom is 0.216 e. The molecule has 0 amide bonds. The summed E-state index contributed by atoms with van der Waals surface area (Å²) in [7, 11) is 0. The van der Waals surface area contributed by atoms with Crippen LogP contribution in [0.15, 0.2) is 24.3 Å². The molecule has 0 aliphatic rings. The number of hydrogen-bond acceptors (Lipinski definition) is 3. The highest BCUT2D eigenvalue weighted by atomic mass is 16.1. The Morgan fingerprint density at radius 3 is 2.68 bits per heavy atom. The summed E-state index contributed by atoms with van der Waals surface area (Å²) in [6, 6.07) is 7.90. The molecule has 1 unspecified atom stereocenters. The second kappa shape index (κ2) is 8.26. The summed E-state index contributed by atoms with van der Waals surface area (Å²) in [5, 5.41) is 12.9. The van der Waals surface area contributed by atoms with E-state index in [2.05, 4.69) is 10.6 Å². The second-order valence-electron chi connectivity index (χ2n) is 4.52. The normalized spacial score (nSPS) is 11.8. The van der Waals surface area contributed by atoms with E-state index < -0.39 is 0 Å². The molecule has 1 rings (SSSR count). The van der Waals surface area contributed by atoms with Crippen LogP contribution in [0.4, 0.5) is 0 Å². The molecule has 1 radical (unpaired) electrons. The van der Waals surface area contributed by atoms with Gasteiger partial charge in [-0.1, -0.05) is 29.8 Å². The van der Waals surface area contributed by atoms with Gasteiger partial charge in [0.05, 0.1) is 6.04 Å². The van der Waals surface area contributed by atoms with E-state index in [1.54, 1.807) is 0 Å². The second-order valence-corrected chi connectivity index (χ2v) is 4.52. The van der Waals surface area contributed by atoms with Crippen molar-refractivity contribution in [3.05, 3.63) is 35.4 Å². The van der Waals surface area contributed by atoms with Gasteiger partial charge in [0.15, 0.2) is 5.96 Å². The fraction of sp³-hybridized carbons (Fsp3) is 0.429. The molecule has 1 aromatic carbocycles. The quantitative estimate of drug-likeness (QED) is 0.317. The van der Waals surface area contributed by atoms with E-state index in [1.807, 2.05) is 37.5 Å². The molecule has 0 aliphatic heterocycles. The highest BCUT2D eigenvalue weighted by Gasteiger charge is 2.07. The van der Waals surface area contributed by atoms with Gasteiger partial charge in [0, 0.05) is 13.1 Å². The first-order valence-corrected chi connectivity index (χ1v) is 6.36. The van der Waals surface area contributed by atoms with Gasteiger partial charge in [0.2, 0.25) is 6.29 Å². The third-order valence-electron chi connectivity index (χ3n) is 2.80. The van der Waals surface area contributed by atoms with Gasteiger partial charge in [0.1, 0.15) is 0 Å². The Morgan fingerprint density at radius 1 is 1.42 bits per heavy atom. The van der Waals surface area contributed by atoms with Crippen molar-refractivity contribution in [2.24, 2.45) is 5.73 Å². The molecule has 1 aromatic rings. The molecule has 0 aliphatic carbocycles. The highest BCUT2D eigenvalue weighted by molar-refractivity contribution is 5.74. The van der Waals surface area contributed by atoms with Crippen LogP contribution in [0.1, 0.15) is 24.0 Å². The monoisotopic (exact) mass is 261 g/mol. The van der Waals surface area contributed by atoms with Crippen LogP contribution in [0.25, 0.3) is 0 Å². The third-order valence-corrected chi connectivity index (χ3v) is 2.80. The minimum atomic E-state index is -0.282. The lowest BCUT2D eigenvalue weighted by Crippen LogP contribution is -2.34. The number of hydrogen-bond donors (Lipinski definition) is 4. The van der Waals surface area contributed by atoms with Crippen LogP contribution in [0.5, 0.6) is 0 Å². The number of carbonyl (C=O) groups excluding carboxylic acids is 1. The van der Waals surface area contributed by atoms with E-state index in [0.29, 0.717) is 19.5 Å². The smallest absolute Gasteiger partial charge is 0.216 e. The van der Waals surface area contributed by atoms with Crippen molar-refractivity contribution in [3.8, 4) is 0 Å². The molecule has 1 atom stereocenters. The molecule has 0 saturated heterocycles. The molecule has 5 nitrogen and oxygen atoms in total. The van der Waals surface area contributed by atoms with E-state index in [1.165, 1.54) is 5.56 Å². The summed E-state index contributed by atoms with van der Waals surface area (Å²) in [5.41, 5.74) is 7.53. The molecular weight excluding hydrogens is 240 g/mol. The van der Waals surface area contributed by atoms with Crippen molar-refractivity contribution in [1.29, 1.82) is 5.41 Å². The van der Waals surface area contributed by atoms with Gasteiger partial charge in [-0.2, -0.15) is 0 Å². The first kappa shape index (κ1) is 15.2. The summed E-state index contributed by atoms with van der Waals surface area (Å²) in [4.78, 5) is 10.8. The molecule has 103 valence electrons. The topological polar surface area (TPSA) is 91.0 Å². The van der Waals surface area contributed by atoms with Crippen LogP contribution >= 0.6 is 0 Å². The summed E-state index contributed by atoms with van der Waals surface area (Å²) in [5.74, 6) is -0.0424. The fourth-order valence-electron chi connectivity index (χ4n) is 1.68. The van der Waals surface area contributed by atoms with Crippen molar-refractivity contribution < 1.29 is 4.79 Å². The molecule has 0 heterocycles. The SMILES string of the molecule is Cc1ccc(CNC([C]=O)CCCNC(=N)N)cc1. The molecule has 19 heavy (non-hydrogen) atoms. The lowest BCUT2D eigenvalue weighted by atomic mass is 10.1. The molecule has 0 spiro atoms. The van der Waals surface area contributed by atoms with E-state index in [4.69, 9.17) is 11.1 Å². The Kier molecular flexibility index (Phi) is 6.60. The maximum absolute atomic E-state index is 10.8. The van der Waals surface area contributed by atoms with Gasteiger partial charge in [-0.25, -0.2) is 0 Å². The number of rotatable bonds is 8. The van der Waals surface area contributed by atoms with Crippen molar-refractivity contribution in [2.75, 3.05) is 6.54 Å². The number of benzene rings is 1. The van der Waals surface area contributed by atoms with Gasteiger partial charge in [-0.15, -0.1) is 0 Å². The molecule has 0 aromatic heterocycles. The van der Waals surface area contributed by atoms with Crippen LogP contribution in [0.2, 0.25) is 0 Å². The first-order valence-electron chi connectivity index (χ1n) is 6.36. The highest BCUT2D eigenvalue weighted by Crippen LogP contribution is 2.03. The lowest BCUT2D eigenvalue weighted by molar-refractivity contribution is 0.492. The Morgan fingerprint density at radius 2 is 2.11 bits per heavy atom. The Labute approximate surface area is 114 Å². The Balaban J connectivity index is 2.26. The van der Waals surface area contributed by atoms with Gasteiger partial charge in [-0.05, 0) is 25.3 Å². The standard InChI is InChI=1S/C14H21N4O/c1-11-4-6-12(7-5-11)9-18-13(10-19)3-2-8-17-14(15)16/h4-7,13,18H,2-3,8-9H2,1H3,(H4,15,16,17). The summed E-state index contributed by atoms with van der Waals surface area (Å²) >= 11 is 0. The zero-order valence-electron chi connectivity index (χ0n) is 11.2. The number of guanidine groups is 1. The van der Waals surface area contributed by atoms with E-state index in [0.717, 1.165) is 12.0 Å². The largest absolute Gasteiger partial charge is 0.370 e. The number of nitrogens with one attached hydrogen (secondary N) is 3. The van der Waals surface area contributed by atoms with Crippen molar-refractivity contribution in [3.63, 3.8) is 0 Å². The molecule has 0 saturated carbocycles. The molecular formula is C14H21N4O. The van der Waals surface area contributed by atoms with Crippen molar-refractivity contribution in [1.82, 2.24) is 10.6 Å². The first-order chi connectivity index (χ1) is 9.11. The lowest BCUT2D eigenvalue weighted by Gasteiger charge is -2.12. The fourth-order valence-corrected chi connectivity index (χ4v) is 1.68. The predicted molar refractivity (Wildman–Crippen MR) is 76.7 cm³/mol. The van der Waals surface area contributed by atoms with Gasteiger partial charge < -0.3 is 16.4 Å². The summed E-state index contributed by atoms with van der Waals surface area (Å²) in [6.45, 7) is 3.29. The summed E-state index contributed by atoms with van der Waals surface area (Å²) < 4.78 is 0. The molecule has 5 N–H and O–H groups in total. The molecule has 0 fully saturated rings. The van der Waals surface area contributed by atoms with Crippen LogP contribution in [-0.2, 0) is 11.3 Å². The number of nitrogens with two attached hydrogens (primary N) is 1. The van der Waals surface area contributed by atoms with Gasteiger partial charge in [0.25, 0.3) is 0 Å². The van der Waals surface area contributed by atoms with Gasteiger partial charge in [-0.3, -0.25) is 10.2 Å². The molecule has 5 heteroatoms. The third kappa shape index (κ3) is 6.57. The summed E-state index contributed by atoms with van der Waals surface area (Å²) in [6.07, 6.45) is 3.44. The van der Waals surface area contributed by atoms with E-state index in [9.17, 15) is 4.79 Å². The van der Waals surface area contributed by atoms with E-state index >= 15 is 0 Å².